The molecule has 0 aliphatic carbocycles. The summed E-state index contributed by atoms with van der Waals surface area (Å²) in [6, 6.07) is 2.20. The van der Waals surface area contributed by atoms with Gasteiger partial charge >= 0.3 is 0 Å². The maximum absolute atomic E-state index is 9.26. The van der Waals surface area contributed by atoms with Crippen molar-refractivity contribution in [2.45, 2.75) is 46.5 Å². The largest absolute Gasteiger partial charge is 0.367 e. The summed E-state index contributed by atoms with van der Waals surface area (Å²) in [5.41, 5.74) is 3.39. The second kappa shape index (κ2) is 6.41. The van der Waals surface area contributed by atoms with Crippen LogP contribution in [0.2, 0.25) is 0 Å². The molecule has 0 aliphatic rings. The van der Waals surface area contributed by atoms with E-state index in [0.717, 1.165) is 28.4 Å². The molecule has 2 heterocycles. The van der Waals surface area contributed by atoms with E-state index >= 15 is 0 Å². The van der Waals surface area contributed by atoms with Crippen LogP contribution in [0.3, 0.4) is 0 Å². The third kappa shape index (κ3) is 3.60. The van der Waals surface area contributed by atoms with Gasteiger partial charge < -0.3 is 5.32 Å². The third-order valence-electron chi connectivity index (χ3n) is 3.43. The number of nitriles is 1. The molecule has 6 heteroatoms. The van der Waals surface area contributed by atoms with Crippen molar-refractivity contribution in [3.05, 3.63) is 32.9 Å². The third-order valence-corrected chi connectivity index (χ3v) is 4.75. The molecule has 2 rings (SSSR count). The first-order chi connectivity index (χ1) is 10.3. The average molecular weight is 315 g/mol. The van der Waals surface area contributed by atoms with Crippen molar-refractivity contribution in [2.24, 2.45) is 0 Å². The molecule has 2 aromatic heterocycles. The molecule has 1 N–H and O–H groups in total. The number of thiazole rings is 1. The molecule has 22 heavy (non-hydrogen) atoms. The molecule has 0 aliphatic heterocycles. The molecule has 0 bridgehead atoms. The first kappa shape index (κ1) is 16.4. The van der Waals surface area contributed by atoms with Crippen molar-refractivity contribution in [1.82, 2.24) is 15.2 Å². The van der Waals surface area contributed by atoms with Gasteiger partial charge in [-0.1, -0.05) is 20.8 Å². The molecular weight excluding hydrogens is 294 g/mol. The summed E-state index contributed by atoms with van der Waals surface area (Å²) in [7, 11) is 0. The van der Waals surface area contributed by atoms with Crippen LogP contribution in [-0.2, 0) is 11.8 Å². The topological polar surface area (TPSA) is 74.5 Å². The SMILES string of the molecule is Cc1nnc(NCCc2csc(C(C)(C)C)n2)c(C#N)c1C. The van der Waals surface area contributed by atoms with Crippen LogP contribution in [0.1, 0.15) is 48.3 Å². The van der Waals surface area contributed by atoms with Gasteiger partial charge in [-0.05, 0) is 19.4 Å². The molecule has 0 spiro atoms. The molecule has 0 saturated carbocycles. The normalized spacial score (nSPS) is 11.3. The van der Waals surface area contributed by atoms with Crippen LogP contribution in [0, 0.1) is 25.2 Å². The Bertz CT molecular complexity index is 706. The molecule has 5 nitrogen and oxygen atoms in total. The smallest absolute Gasteiger partial charge is 0.166 e. The summed E-state index contributed by atoms with van der Waals surface area (Å²) >= 11 is 1.70. The van der Waals surface area contributed by atoms with Gasteiger partial charge in [0.25, 0.3) is 0 Å². The number of rotatable bonds is 4. The molecular formula is C16H21N5S. The van der Waals surface area contributed by atoms with Gasteiger partial charge in [-0.25, -0.2) is 4.98 Å². The molecule has 0 aromatic carbocycles. The van der Waals surface area contributed by atoms with Crippen molar-refractivity contribution < 1.29 is 0 Å². The van der Waals surface area contributed by atoms with Crippen LogP contribution >= 0.6 is 11.3 Å². The molecule has 0 radical (unpaired) electrons. The number of nitrogens with zero attached hydrogens (tertiary/aromatic N) is 4. The minimum atomic E-state index is 0.0872. The number of nitrogens with one attached hydrogen (secondary N) is 1. The van der Waals surface area contributed by atoms with Gasteiger partial charge in [-0.3, -0.25) is 0 Å². The second-order valence-corrected chi connectivity index (χ2v) is 7.17. The second-order valence-electron chi connectivity index (χ2n) is 6.32. The lowest BCUT2D eigenvalue weighted by Crippen LogP contribution is -2.12. The maximum atomic E-state index is 9.26. The van der Waals surface area contributed by atoms with Gasteiger partial charge in [0.1, 0.15) is 11.6 Å². The standard InChI is InChI=1S/C16H21N5S/c1-10-11(2)20-21-14(13(10)8-17)18-7-6-12-9-22-15(19-12)16(3,4)5/h9H,6-7H2,1-5H3,(H,18,21). The first-order valence-electron chi connectivity index (χ1n) is 7.25. The van der Waals surface area contributed by atoms with Crippen LogP contribution in [-0.4, -0.2) is 21.7 Å². The Kier molecular flexibility index (Phi) is 4.77. The van der Waals surface area contributed by atoms with E-state index in [-0.39, 0.29) is 5.41 Å². The van der Waals surface area contributed by atoms with Crippen molar-refractivity contribution in [3.8, 4) is 6.07 Å². The summed E-state index contributed by atoms with van der Waals surface area (Å²) in [5, 5.41) is 23.9. The number of aryl methyl sites for hydroxylation is 1. The number of hydrogen-bond acceptors (Lipinski definition) is 6. The Balaban J connectivity index is 2.02. The Hall–Kier alpha value is -2.00. The number of anilines is 1. The van der Waals surface area contributed by atoms with Crippen LogP contribution < -0.4 is 5.32 Å². The highest BCUT2D eigenvalue weighted by Gasteiger charge is 2.18. The zero-order valence-corrected chi connectivity index (χ0v) is 14.5. The van der Waals surface area contributed by atoms with Gasteiger partial charge in [0, 0.05) is 23.8 Å². The van der Waals surface area contributed by atoms with Crippen LogP contribution in [0.15, 0.2) is 5.38 Å². The van der Waals surface area contributed by atoms with Crippen LogP contribution in [0.25, 0.3) is 0 Å². The molecule has 0 amide bonds. The van der Waals surface area contributed by atoms with E-state index < -0.39 is 0 Å². The highest BCUT2D eigenvalue weighted by Crippen LogP contribution is 2.25. The minimum Gasteiger partial charge on any atom is -0.367 e. The predicted molar refractivity (Wildman–Crippen MR) is 89.2 cm³/mol. The van der Waals surface area contributed by atoms with Crippen LogP contribution in [0.4, 0.5) is 5.82 Å². The lowest BCUT2D eigenvalue weighted by atomic mass is 9.98. The summed E-state index contributed by atoms with van der Waals surface area (Å²) < 4.78 is 0. The fourth-order valence-electron chi connectivity index (χ4n) is 1.94. The first-order valence-corrected chi connectivity index (χ1v) is 8.13. The predicted octanol–water partition coefficient (Wildman–Crippen LogP) is 3.37. The van der Waals surface area contributed by atoms with Crippen LogP contribution in [0.5, 0.6) is 0 Å². The van der Waals surface area contributed by atoms with E-state index in [2.05, 4.69) is 52.7 Å². The lowest BCUT2D eigenvalue weighted by molar-refractivity contribution is 0.583. The number of aromatic nitrogens is 3. The zero-order chi connectivity index (χ0) is 16.3. The molecule has 0 saturated heterocycles. The van der Waals surface area contributed by atoms with E-state index in [1.54, 1.807) is 11.3 Å². The van der Waals surface area contributed by atoms with E-state index in [1.807, 2.05) is 13.8 Å². The lowest BCUT2D eigenvalue weighted by Gasteiger charge is -2.13. The summed E-state index contributed by atoms with van der Waals surface area (Å²) in [6.45, 7) is 10.9. The van der Waals surface area contributed by atoms with E-state index in [4.69, 9.17) is 0 Å². The zero-order valence-electron chi connectivity index (χ0n) is 13.7. The van der Waals surface area contributed by atoms with Gasteiger partial charge in [0.05, 0.1) is 16.4 Å². The Morgan fingerprint density at radius 2 is 2.00 bits per heavy atom. The molecule has 116 valence electrons. The van der Waals surface area contributed by atoms with Crippen molar-refractivity contribution in [1.29, 1.82) is 5.26 Å². The monoisotopic (exact) mass is 315 g/mol. The van der Waals surface area contributed by atoms with Crippen molar-refractivity contribution in [2.75, 3.05) is 11.9 Å². The van der Waals surface area contributed by atoms with Gasteiger partial charge in [0.2, 0.25) is 0 Å². The molecule has 0 unspecified atom stereocenters. The Labute approximate surface area is 135 Å². The Morgan fingerprint density at radius 3 is 2.59 bits per heavy atom. The highest BCUT2D eigenvalue weighted by atomic mass is 32.1. The van der Waals surface area contributed by atoms with E-state index in [1.165, 1.54) is 0 Å². The molecule has 2 aromatic rings. The van der Waals surface area contributed by atoms with Gasteiger partial charge in [-0.2, -0.15) is 10.4 Å². The molecule has 0 atom stereocenters. The van der Waals surface area contributed by atoms with Gasteiger partial charge in [-0.15, -0.1) is 16.4 Å². The summed E-state index contributed by atoms with van der Waals surface area (Å²) in [6.07, 6.45) is 0.798. The summed E-state index contributed by atoms with van der Waals surface area (Å²) in [4.78, 5) is 4.66. The van der Waals surface area contributed by atoms with Crippen molar-refractivity contribution >= 4 is 17.2 Å². The van der Waals surface area contributed by atoms with Crippen molar-refractivity contribution in [3.63, 3.8) is 0 Å². The number of hydrogen-bond donors (Lipinski definition) is 1. The quantitative estimate of drug-likeness (QED) is 0.936. The fraction of sp³-hybridized carbons (Fsp3) is 0.500. The molecule has 0 fully saturated rings. The van der Waals surface area contributed by atoms with Gasteiger partial charge in [0.15, 0.2) is 5.82 Å². The minimum absolute atomic E-state index is 0.0872. The fourth-order valence-corrected chi connectivity index (χ4v) is 2.89. The average Bonchev–Trinajstić information content (AvgIpc) is 2.92. The highest BCUT2D eigenvalue weighted by molar-refractivity contribution is 7.09. The van der Waals surface area contributed by atoms with E-state index in [0.29, 0.717) is 17.9 Å². The Morgan fingerprint density at radius 1 is 1.27 bits per heavy atom. The summed E-state index contributed by atoms with van der Waals surface area (Å²) in [5.74, 6) is 0.553. The van der Waals surface area contributed by atoms with E-state index in [9.17, 15) is 5.26 Å². The maximum Gasteiger partial charge on any atom is 0.166 e.